The molecule has 1 fully saturated rings. The van der Waals surface area contributed by atoms with E-state index in [4.69, 9.17) is 4.74 Å². The molecule has 0 aliphatic carbocycles. The van der Waals surface area contributed by atoms with Crippen LogP contribution in [0, 0.1) is 10.1 Å². The lowest BCUT2D eigenvalue weighted by atomic mass is 10.2. The number of methoxy groups -OCH3 is 1. The highest BCUT2D eigenvalue weighted by Gasteiger charge is 2.40. The summed E-state index contributed by atoms with van der Waals surface area (Å²) in [7, 11) is 1.43. The van der Waals surface area contributed by atoms with Gasteiger partial charge in [-0.1, -0.05) is 18.2 Å². The molecule has 0 radical (unpaired) electrons. The van der Waals surface area contributed by atoms with Crippen LogP contribution in [0.25, 0.3) is 0 Å². The molecule has 2 aromatic carbocycles. The zero-order valence-corrected chi connectivity index (χ0v) is 14.7. The molecule has 0 aromatic heterocycles. The molecule has 0 saturated carbocycles. The fourth-order valence-electron chi connectivity index (χ4n) is 2.81. The third-order valence-electron chi connectivity index (χ3n) is 4.16. The molecular formula is C18H16N4O6. The maximum atomic E-state index is 12.6. The van der Waals surface area contributed by atoms with Crippen LogP contribution < -0.4 is 20.5 Å². The van der Waals surface area contributed by atoms with Crippen LogP contribution in [0.3, 0.4) is 0 Å². The molecule has 10 heteroatoms. The predicted octanol–water partition coefficient (Wildman–Crippen LogP) is 1.17. The number of nitro groups is 1. The minimum absolute atomic E-state index is 0.101. The van der Waals surface area contributed by atoms with Crippen LogP contribution in [0.2, 0.25) is 0 Å². The van der Waals surface area contributed by atoms with E-state index in [0.717, 1.165) is 11.0 Å². The lowest BCUT2D eigenvalue weighted by molar-refractivity contribution is -0.384. The number of nitrogens with one attached hydrogen (secondary N) is 2. The van der Waals surface area contributed by atoms with Crippen molar-refractivity contribution in [3.63, 3.8) is 0 Å². The minimum atomic E-state index is -0.995. The summed E-state index contributed by atoms with van der Waals surface area (Å²) in [5.74, 6) is -1.33. The minimum Gasteiger partial charge on any atom is -0.496 e. The van der Waals surface area contributed by atoms with E-state index in [9.17, 15) is 24.5 Å². The van der Waals surface area contributed by atoms with Crippen LogP contribution in [0.5, 0.6) is 5.75 Å². The van der Waals surface area contributed by atoms with Crippen LogP contribution in [0.4, 0.5) is 11.4 Å². The lowest BCUT2D eigenvalue weighted by Crippen LogP contribution is -2.48. The molecule has 0 spiro atoms. The van der Waals surface area contributed by atoms with Crippen molar-refractivity contribution < 1.29 is 24.0 Å². The average Bonchev–Trinajstić information content (AvgIpc) is 2.99. The number of nitrogens with zero attached hydrogens (tertiary/aromatic N) is 2. The molecule has 2 N–H and O–H groups in total. The number of para-hydroxylation sites is 1. The zero-order chi connectivity index (χ0) is 20.3. The topological polar surface area (TPSA) is 131 Å². The van der Waals surface area contributed by atoms with Crippen molar-refractivity contribution in [3.05, 3.63) is 64.2 Å². The predicted molar refractivity (Wildman–Crippen MR) is 97.6 cm³/mol. The second-order valence-electron chi connectivity index (χ2n) is 5.90. The van der Waals surface area contributed by atoms with Crippen LogP contribution in [-0.4, -0.2) is 35.8 Å². The van der Waals surface area contributed by atoms with Crippen LogP contribution in [0.15, 0.2) is 48.5 Å². The number of imide groups is 1. The van der Waals surface area contributed by atoms with E-state index in [-0.39, 0.29) is 23.4 Å². The Kier molecular flexibility index (Phi) is 5.32. The Labute approximate surface area is 159 Å². The highest BCUT2D eigenvalue weighted by molar-refractivity contribution is 6.22. The molecule has 0 bridgehead atoms. The van der Waals surface area contributed by atoms with E-state index in [1.165, 1.54) is 25.3 Å². The van der Waals surface area contributed by atoms with E-state index < -0.39 is 28.7 Å². The van der Waals surface area contributed by atoms with Crippen molar-refractivity contribution in [1.82, 2.24) is 10.9 Å². The largest absolute Gasteiger partial charge is 0.496 e. The Morgan fingerprint density at radius 2 is 1.96 bits per heavy atom. The number of benzene rings is 2. The first-order valence-electron chi connectivity index (χ1n) is 8.22. The van der Waals surface area contributed by atoms with Crippen LogP contribution in [-0.2, 0) is 9.59 Å². The SMILES string of the molecule is COc1ccccc1C(=O)NN[C@@H]1CC(=O)N(c2cccc([N+](=O)[O-])c2)C1=O. The average molecular weight is 384 g/mol. The summed E-state index contributed by atoms with van der Waals surface area (Å²) in [5, 5.41) is 10.9. The highest BCUT2D eigenvalue weighted by atomic mass is 16.6. The summed E-state index contributed by atoms with van der Waals surface area (Å²) in [6.45, 7) is 0. The zero-order valence-electron chi connectivity index (χ0n) is 14.7. The molecule has 1 aliphatic heterocycles. The van der Waals surface area contributed by atoms with Gasteiger partial charge in [-0.25, -0.2) is 10.3 Å². The van der Waals surface area contributed by atoms with Gasteiger partial charge in [-0.3, -0.25) is 29.9 Å². The van der Waals surface area contributed by atoms with Gasteiger partial charge in [0.1, 0.15) is 11.8 Å². The van der Waals surface area contributed by atoms with Gasteiger partial charge in [0.25, 0.3) is 17.5 Å². The van der Waals surface area contributed by atoms with Crippen molar-refractivity contribution in [2.45, 2.75) is 12.5 Å². The normalized spacial score (nSPS) is 16.2. The molecule has 1 saturated heterocycles. The quantitative estimate of drug-likeness (QED) is 0.434. The summed E-state index contributed by atoms with van der Waals surface area (Å²) in [4.78, 5) is 48.3. The van der Waals surface area contributed by atoms with Crippen molar-refractivity contribution in [3.8, 4) is 5.75 Å². The van der Waals surface area contributed by atoms with E-state index >= 15 is 0 Å². The molecule has 1 heterocycles. The summed E-state index contributed by atoms with van der Waals surface area (Å²) < 4.78 is 5.11. The molecule has 0 unspecified atom stereocenters. The summed E-state index contributed by atoms with van der Waals surface area (Å²) >= 11 is 0. The van der Waals surface area contributed by atoms with Gasteiger partial charge in [0.15, 0.2) is 0 Å². The number of ether oxygens (including phenoxy) is 1. The van der Waals surface area contributed by atoms with Gasteiger partial charge in [0.2, 0.25) is 5.91 Å². The maximum Gasteiger partial charge on any atom is 0.271 e. The number of hydrogen-bond donors (Lipinski definition) is 2. The van der Waals surface area contributed by atoms with Gasteiger partial charge < -0.3 is 4.74 Å². The number of carbonyl (C=O) groups excluding carboxylic acids is 3. The smallest absolute Gasteiger partial charge is 0.271 e. The number of carbonyl (C=O) groups is 3. The standard InChI is InChI=1S/C18H16N4O6/c1-28-15-8-3-2-7-13(15)17(24)20-19-14-10-16(23)21(18(14)25)11-5-4-6-12(9-11)22(26)27/h2-9,14,19H,10H2,1H3,(H,20,24)/t14-/m1/s1. The molecule has 2 aromatic rings. The Morgan fingerprint density at radius 1 is 1.21 bits per heavy atom. The van der Waals surface area contributed by atoms with Crippen LogP contribution >= 0.6 is 0 Å². The number of hydrazine groups is 1. The summed E-state index contributed by atoms with van der Waals surface area (Å²) in [6, 6.07) is 10.8. The number of nitro benzene ring substituents is 1. The van der Waals surface area contributed by atoms with Gasteiger partial charge >= 0.3 is 0 Å². The third kappa shape index (κ3) is 3.67. The molecular weight excluding hydrogens is 368 g/mol. The Hall–Kier alpha value is -3.79. The molecule has 1 aliphatic rings. The molecule has 144 valence electrons. The second kappa shape index (κ2) is 7.84. The number of amides is 3. The van der Waals surface area contributed by atoms with E-state index in [1.807, 2.05) is 0 Å². The Balaban J connectivity index is 1.71. The van der Waals surface area contributed by atoms with Crippen LogP contribution in [0.1, 0.15) is 16.8 Å². The van der Waals surface area contributed by atoms with Gasteiger partial charge in [-0.2, -0.15) is 0 Å². The molecule has 1 atom stereocenters. The Morgan fingerprint density at radius 3 is 2.68 bits per heavy atom. The van der Waals surface area contributed by atoms with Gasteiger partial charge in [0, 0.05) is 12.1 Å². The van der Waals surface area contributed by atoms with Gasteiger partial charge in [0.05, 0.1) is 29.7 Å². The fourth-order valence-corrected chi connectivity index (χ4v) is 2.81. The summed E-state index contributed by atoms with van der Waals surface area (Å²) in [5.41, 5.74) is 5.06. The summed E-state index contributed by atoms with van der Waals surface area (Å²) in [6.07, 6.45) is -0.201. The van der Waals surface area contributed by atoms with E-state index in [1.54, 1.807) is 24.3 Å². The van der Waals surface area contributed by atoms with Crippen molar-refractivity contribution >= 4 is 29.1 Å². The van der Waals surface area contributed by atoms with E-state index in [0.29, 0.717) is 5.75 Å². The van der Waals surface area contributed by atoms with Crippen molar-refractivity contribution in [2.75, 3.05) is 12.0 Å². The molecule has 10 nitrogen and oxygen atoms in total. The van der Waals surface area contributed by atoms with E-state index in [2.05, 4.69) is 10.9 Å². The number of non-ortho nitro benzene ring substituents is 1. The number of hydrogen-bond acceptors (Lipinski definition) is 7. The Bertz CT molecular complexity index is 961. The number of anilines is 1. The van der Waals surface area contributed by atoms with Crippen molar-refractivity contribution in [2.24, 2.45) is 0 Å². The lowest BCUT2D eigenvalue weighted by Gasteiger charge is -2.16. The molecule has 28 heavy (non-hydrogen) atoms. The third-order valence-corrected chi connectivity index (χ3v) is 4.16. The first-order valence-corrected chi connectivity index (χ1v) is 8.22. The number of rotatable bonds is 6. The van der Waals surface area contributed by atoms with Gasteiger partial charge in [-0.15, -0.1) is 0 Å². The molecule has 3 rings (SSSR count). The van der Waals surface area contributed by atoms with Gasteiger partial charge in [-0.05, 0) is 18.2 Å². The first kappa shape index (κ1) is 19.0. The first-order chi connectivity index (χ1) is 13.4. The highest BCUT2D eigenvalue weighted by Crippen LogP contribution is 2.26. The second-order valence-corrected chi connectivity index (χ2v) is 5.90. The molecule has 3 amide bonds. The maximum absolute atomic E-state index is 12.6. The van der Waals surface area contributed by atoms with Crippen molar-refractivity contribution in [1.29, 1.82) is 0 Å². The monoisotopic (exact) mass is 384 g/mol. The fraction of sp³-hybridized carbons (Fsp3) is 0.167.